The highest BCUT2D eigenvalue weighted by Crippen LogP contribution is 2.43. The summed E-state index contributed by atoms with van der Waals surface area (Å²) >= 11 is 0.564. The monoisotopic (exact) mass is 624 g/mol. The second-order valence-corrected chi connectivity index (χ2v) is 11.3. The molecule has 2 aliphatic heterocycles. The number of β-lactam (4-membered cyclic amide) rings is 1. The van der Waals surface area contributed by atoms with Gasteiger partial charge in [0.2, 0.25) is 5.91 Å². The van der Waals surface area contributed by atoms with E-state index in [1.165, 1.54) is 0 Å². The fourth-order valence-corrected chi connectivity index (χ4v) is 5.80. The van der Waals surface area contributed by atoms with Crippen LogP contribution >= 0.6 is 11.8 Å². The lowest BCUT2D eigenvalue weighted by Gasteiger charge is -2.49. The van der Waals surface area contributed by atoms with Crippen molar-refractivity contribution in [2.24, 2.45) is 0 Å². The van der Waals surface area contributed by atoms with Crippen LogP contribution in [-0.4, -0.2) is 60.0 Å². The highest BCUT2D eigenvalue weighted by Gasteiger charge is 2.57. The first-order valence-corrected chi connectivity index (χ1v) is 13.9. The Hall–Kier alpha value is -3.73. The van der Waals surface area contributed by atoms with Crippen molar-refractivity contribution in [3.63, 3.8) is 0 Å². The standard InChI is InChI=1S/C24H18F6N2O7S2/c25-23(26,27)11-16(33)31-17-20(34)32-18(15(12-40-21(17)32)39-41(36,37)24(28,29)30)22(35)38-19(13-7-3-1-4-8-13)14-9-5-2-6-10-14/h1-10,17,19,21H,11-12H2,(H,31,33)/t17?,21-/m1/s1. The minimum absolute atomic E-state index is 0.409. The number of carbonyl (C=O) groups is 3. The molecule has 0 radical (unpaired) electrons. The van der Waals surface area contributed by atoms with E-state index < -0.39 is 80.7 Å². The summed E-state index contributed by atoms with van der Waals surface area (Å²) in [7, 11) is -6.30. The van der Waals surface area contributed by atoms with Crippen molar-refractivity contribution in [2.75, 3.05) is 5.75 Å². The first kappa shape index (κ1) is 30.2. The van der Waals surface area contributed by atoms with Gasteiger partial charge in [-0.1, -0.05) is 60.7 Å². The Morgan fingerprint density at radius 1 is 0.976 bits per heavy atom. The van der Waals surface area contributed by atoms with Crippen LogP contribution in [0.25, 0.3) is 0 Å². The van der Waals surface area contributed by atoms with Gasteiger partial charge >= 0.3 is 27.8 Å². The summed E-state index contributed by atoms with van der Waals surface area (Å²) in [5, 5.41) is 0.608. The van der Waals surface area contributed by atoms with Crippen molar-refractivity contribution in [1.82, 2.24) is 10.2 Å². The third kappa shape index (κ3) is 6.61. The molecule has 0 aromatic heterocycles. The maximum atomic E-state index is 13.5. The first-order chi connectivity index (χ1) is 19.1. The molecular formula is C24H18F6N2O7S2. The van der Waals surface area contributed by atoms with Gasteiger partial charge in [0, 0.05) is 0 Å². The number of rotatable bonds is 8. The molecule has 2 aliphatic rings. The van der Waals surface area contributed by atoms with E-state index in [-0.39, 0.29) is 0 Å². The summed E-state index contributed by atoms with van der Waals surface area (Å²) in [5.74, 6) is -6.01. The van der Waals surface area contributed by atoms with Crippen LogP contribution in [-0.2, 0) is 33.4 Å². The number of benzene rings is 2. The van der Waals surface area contributed by atoms with E-state index in [0.29, 0.717) is 27.8 Å². The van der Waals surface area contributed by atoms with Crippen LogP contribution in [0, 0.1) is 0 Å². The molecule has 1 unspecified atom stereocenters. The molecule has 2 amide bonds. The Labute approximate surface area is 232 Å². The number of nitrogens with one attached hydrogen (secondary N) is 1. The average Bonchev–Trinajstić information content (AvgIpc) is 2.89. The number of alkyl halides is 6. The molecular weight excluding hydrogens is 606 g/mol. The molecule has 0 saturated carbocycles. The third-order valence-electron chi connectivity index (χ3n) is 5.73. The van der Waals surface area contributed by atoms with E-state index in [0.717, 1.165) is 0 Å². The number of nitrogens with zero attached hydrogens (tertiary/aromatic N) is 1. The number of carbonyl (C=O) groups excluding carboxylic acids is 3. The molecule has 2 atom stereocenters. The quantitative estimate of drug-likeness (QED) is 0.155. The largest absolute Gasteiger partial charge is 0.534 e. The summed E-state index contributed by atoms with van der Waals surface area (Å²) < 4.78 is 110. The van der Waals surface area contributed by atoms with Gasteiger partial charge in [0.1, 0.15) is 17.8 Å². The summed E-state index contributed by atoms with van der Waals surface area (Å²) in [6.07, 6.45) is -7.97. The smallest absolute Gasteiger partial charge is 0.448 e. The van der Waals surface area contributed by atoms with E-state index in [1.807, 2.05) is 5.32 Å². The molecule has 2 heterocycles. The van der Waals surface area contributed by atoms with Crippen LogP contribution in [0.15, 0.2) is 72.1 Å². The maximum Gasteiger partial charge on any atom is 0.534 e. The Kier molecular flexibility index (Phi) is 8.31. The molecule has 2 aromatic carbocycles. The number of hydrogen-bond acceptors (Lipinski definition) is 8. The van der Waals surface area contributed by atoms with E-state index in [9.17, 15) is 49.1 Å². The molecule has 1 saturated heterocycles. The van der Waals surface area contributed by atoms with Crippen molar-refractivity contribution in [2.45, 2.75) is 35.6 Å². The number of thioether (sulfide) groups is 1. The zero-order valence-electron chi connectivity index (χ0n) is 20.3. The van der Waals surface area contributed by atoms with Gasteiger partial charge in [-0.3, -0.25) is 14.5 Å². The van der Waals surface area contributed by atoms with Gasteiger partial charge in [0.05, 0.1) is 5.75 Å². The fourth-order valence-electron chi connectivity index (χ4n) is 3.98. The Bertz CT molecular complexity index is 1430. The zero-order valence-corrected chi connectivity index (χ0v) is 21.9. The minimum atomic E-state index is -6.30. The summed E-state index contributed by atoms with van der Waals surface area (Å²) in [5.41, 5.74) is -6.07. The molecule has 2 aromatic rings. The number of amides is 2. The van der Waals surface area contributed by atoms with Crippen molar-refractivity contribution in [1.29, 1.82) is 0 Å². The van der Waals surface area contributed by atoms with Crippen molar-refractivity contribution in [3.05, 3.63) is 83.2 Å². The zero-order chi connectivity index (χ0) is 30.2. The molecule has 17 heteroatoms. The topological polar surface area (TPSA) is 119 Å². The molecule has 4 rings (SSSR count). The molecule has 0 bridgehead atoms. The van der Waals surface area contributed by atoms with E-state index in [4.69, 9.17) is 4.74 Å². The van der Waals surface area contributed by atoms with E-state index >= 15 is 0 Å². The van der Waals surface area contributed by atoms with Crippen LogP contribution < -0.4 is 5.32 Å². The predicted molar refractivity (Wildman–Crippen MR) is 130 cm³/mol. The first-order valence-electron chi connectivity index (χ1n) is 11.4. The number of esters is 1. The summed E-state index contributed by atoms with van der Waals surface area (Å²) in [6.45, 7) is 0. The van der Waals surface area contributed by atoms with Gasteiger partial charge in [-0.15, -0.1) is 11.8 Å². The molecule has 9 nitrogen and oxygen atoms in total. The van der Waals surface area contributed by atoms with Gasteiger partial charge in [-0.25, -0.2) is 4.79 Å². The predicted octanol–water partition coefficient (Wildman–Crippen LogP) is 3.75. The van der Waals surface area contributed by atoms with Crippen molar-refractivity contribution < 1.29 is 58.1 Å². The SMILES string of the molecule is O=C(CC(F)(F)F)NC1C(=O)N2C(C(=O)OC(c3ccccc3)c3ccccc3)=C(OS(=O)(=O)C(F)(F)F)CS[C@H]12. The van der Waals surface area contributed by atoms with Crippen LogP contribution in [0.3, 0.4) is 0 Å². The van der Waals surface area contributed by atoms with Crippen molar-refractivity contribution in [3.8, 4) is 0 Å². The number of ether oxygens (including phenoxy) is 1. The van der Waals surface area contributed by atoms with Gasteiger partial charge in [-0.2, -0.15) is 34.8 Å². The van der Waals surface area contributed by atoms with Crippen LogP contribution in [0.4, 0.5) is 26.3 Å². The average molecular weight is 625 g/mol. The number of halogens is 6. The van der Waals surface area contributed by atoms with Gasteiger partial charge in [0.25, 0.3) is 5.91 Å². The van der Waals surface area contributed by atoms with E-state index in [1.54, 1.807) is 60.7 Å². The number of hydrogen-bond donors (Lipinski definition) is 1. The summed E-state index contributed by atoms with van der Waals surface area (Å²) in [4.78, 5) is 38.7. The van der Waals surface area contributed by atoms with Gasteiger partial charge in [0.15, 0.2) is 17.6 Å². The molecule has 0 spiro atoms. The highest BCUT2D eigenvalue weighted by atomic mass is 32.2. The molecule has 41 heavy (non-hydrogen) atoms. The van der Waals surface area contributed by atoms with Crippen molar-refractivity contribution >= 4 is 39.7 Å². The van der Waals surface area contributed by atoms with Gasteiger partial charge < -0.3 is 14.2 Å². The minimum Gasteiger partial charge on any atom is -0.448 e. The Morgan fingerprint density at radius 2 is 1.51 bits per heavy atom. The normalized spacial score (nSPS) is 19.4. The maximum absolute atomic E-state index is 13.5. The van der Waals surface area contributed by atoms with Crippen LogP contribution in [0.5, 0.6) is 0 Å². The number of fused-ring (bicyclic) bond motifs is 1. The Morgan fingerprint density at radius 3 is 2.00 bits per heavy atom. The second kappa shape index (κ2) is 11.3. The molecule has 1 N–H and O–H groups in total. The third-order valence-corrected chi connectivity index (χ3v) is 7.97. The Balaban J connectivity index is 1.70. The van der Waals surface area contributed by atoms with Crippen LogP contribution in [0.2, 0.25) is 0 Å². The van der Waals surface area contributed by atoms with E-state index in [2.05, 4.69) is 4.18 Å². The highest BCUT2D eigenvalue weighted by molar-refractivity contribution is 8.00. The van der Waals surface area contributed by atoms with Crippen LogP contribution in [0.1, 0.15) is 23.7 Å². The van der Waals surface area contributed by atoms with Gasteiger partial charge in [-0.05, 0) is 11.1 Å². The molecule has 220 valence electrons. The molecule has 1 fully saturated rings. The summed E-state index contributed by atoms with van der Waals surface area (Å²) in [6, 6.07) is 14.5. The lowest BCUT2D eigenvalue weighted by atomic mass is 10.0. The lowest BCUT2D eigenvalue weighted by Crippen LogP contribution is -2.70. The fraction of sp³-hybridized carbons (Fsp3) is 0.292. The molecule has 0 aliphatic carbocycles. The lowest BCUT2D eigenvalue weighted by molar-refractivity contribution is -0.160. The second-order valence-electron chi connectivity index (χ2n) is 8.61.